The number of amides is 1. The highest BCUT2D eigenvalue weighted by Crippen LogP contribution is 2.31. The van der Waals surface area contributed by atoms with Crippen LogP contribution in [-0.4, -0.2) is 45.2 Å². The summed E-state index contributed by atoms with van der Waals surface area (Å²) in [7, 11) is 1.85. The first-order valence-corrected chi connectivity index (χ1v) is 8.88. The lowest BCUT2D eigenvalue weighted by molar-refractivity contribution is 0.0417. The topological polar surface area (TPSA) is 67.6 Å². The van der Waals surface area contributed by atoms with Crippen molar-refractivity contribution < 1.29 is 19.0 Å². The van der Waals surface area contributed by atoms with E-state index in [4.69, 9.17) is 4.74 Å². The Bertz CT molecular complexity index is 769. The molecule has 1 unspecified atom stereocenters. The number of likely N-dealkylation sites (tertiary alicyclic amines) is 1. The summed E-state index contributed by atoms with van der Waals surface area (Å²) >= 11 is 0. The van der Waals surface area contributed by atoms with Gasteiger partial charge in [-0.2, -0.15) is 0 Å². The summed E-state index contributed by atoms with van der Waals surface area (Å²) in [5.74, 6) is -0.0802. The van der Waals surface area contributed by atoms with Crippen molar-refractivity contribution in [1.82, 2.24) is 14.5 Å². The molecule has 1 saturated heterocycles. The van der Waals surface area contributed by atoms with Crippen molar-refractivity contribution in [2.75, 3.05) is 19.7 Å². The lowest BCUT2D eigenvalue weighted by Crippen LogP contribution is -2.40. The van der Waals surface area contributed by atoms with E-state index in [1.54, 1.807) is 30.3 Å². The molecule has 1 aliphatic heterocycles. The van der Waals surface area contributed by atoms with E-state index in [2.05, 4.69) is 4.98 Å². The Hall–Kier alpha value is -2.41. The molecule has 1 aromatic heterocycles. The molecule has 0 radical (unpaired) electrons. The molecule has 26 heavy (non-hydrogen) atoms. The van der Waals surface area contributed by atoms with Crippen LogP contribution in [0.5, 0.6) is 5.75 Å². The Morgan fingerprint density at radius 3 is 2.77 bits per heavy atom. The number of halogens is 1. The third kappa shape index (κ3) is 3.58. The SMILES string of the molecule is CCOc1c(F)cccc1C(=O)N1CCC(C(O)c2nccn2C)CC1. The fourth-order valence-electron chi connectivity index (χ4n) is 3.43. The molecule has 2 aromatic rings. The normalized spacial score (nSPS) is 16.5. The molecular formula is C19H24FN3O3. The number of piperidine rings is 1. The van der Waals surface area contributed by atoms with Gasteiger partial charge in [0.25, 0.3) is 5.91 Å². The number of carbonyl (C=O) groups is 1. The summed E-state index contributed by atoms with van der Waals surface area (Å²) in [5, 5.41) is 10.6. The lowest BCUT2D eigenvalue weighted by atomic mass is 9.90. The van der Waals surface area contributed by atoms with Crippen LogP contribution in [0.1, 0.15) is 42.1 Å². The van der Waals surface area contributed by atoms with Gasteiger partial charge in [-0.3, -0.25) is 4.79 Å². The van der Waals surface area contributed by atoms with Gasteiger partial charge >= 0.3 is 0 Å². The second kappa shape index (κ2) is 7.86. The fourth-order valence-corrected chi connectivity index (χ4v) is 3.43. The molecular weight excluding hydrogens is 337 g/mol. The Labute approximate surface area is 152 Å². The summed E-state index contributed by atoms with van der Waals surface area (Å²) < 4.78 is 21.1. The molecule has 0 aliphatic carbocycles. The molecule has 6 nitrogen and oxygen atoms in total. The molecule has 1 aromatic carbocycles. The number of ether oxygens (including phenoxy) is 1. The van der Waals surface area contributed by atoms with Gasteiger partial charge in [-0.05, 0) is 37.8 Å². The molecule has 1 N–H and O–H groups in total. The van der Waals surface area contributed by atoms with Crippen LogP contribution >= 0.6 is 0 Å². The minimum atomic E-state index is -0.652. The number of aryl methyl sites for hydroxylation is 1. The predicted molar refractivity (Wildman–Crippen MR) is 94.4 cm³/mol. The van der Waals surface area contributed by atoms with E-state index in [0.29, 0.717) is 38.4 Å². The van der Waals surface area contributed by atoms with Crippen molar-refractivity contribution in [3.05, 3.63) is 47.8 Å². The molecule has 1 aliphatic rings. The van der Waals surface area contributed by atoms with E-state index < -0.39 is 11.9 Å². The Morgan fingerprint density at radius 2 is 2.15 bits per heavy atom. The number of rotatable bonds is 5. The van der Waals surface area contributed by atoms with E-state index in [9.17, 15) is 14.3 Å². The quantitative estimate of drug-likeness (QED) is 0.889. The average Bonchev–Trinajstić information content (AvgIpc) is 3.08. The van der Waals surface area contributed by atoms with Crippen LogP contribution < -0.4 is 4.74 Å². The highest BCUT2D eigenvalue weighted by atomic mass is 19.1. The Balaban J connectivity index is 1.68. The van der Waals surface area contributed by atoms with Crippen LogP contribution in [0.4, 0.5) is 4.39 Å². The number of aromatic nitrogens is 2. The molecule has 0 bridgehead atoms. The first-order valence-electron chi connectivity index (χ1n) is 8.88. The highest BCUT2D eigenvalue weighted by Gasteiger charge is 2.31. The van der Waals surface area contributed by atoms with Crippen molar-refractivity contribution in [3.8, 4) is 5.75 Å². The van der Waals surface area contributed by atoms with Crippen molar-refractivity contribution in [2.24, 2.45) is 13.0 Å². The predicted octanol–water partition coefficient (Wildman–Crippen LogP) is 2.54. The van der Waals surface area contributed by atoms with Gasteiger partial charge in [0.1, 0.15) is 11.9 Å². The second-order valence-electron chi connectivity index (χ2n) is 6.52. The minimum Gasteiger partial charge on any atom is -0.490 e. The zero-order valence-corrected chi connectivity index (χ0v) is 15.1. The molecule has 140 valence electrons. The standard InChI is InChI=1S/C19H24FN3O3/c1-3-26-17-14(5-4-6-15(17)20)19(25)23-10-7-13(8-11-23)16(24)18-21-9-12-22(18)2/h4-6,9,12-13,16,24H,3,7-8,10-11H2,1-2H3. The first kappa shape index (κ1) is 18.4. The zero-order chi connectivity index (χ0) is 18.7. The maximum Gasteiger partial charge on any atom is 0.257 e. The minimum absolute atomic E-state index is 0.00942. The Morgan fingerprint density at radius 1 is 1.42 bits per heavy atom. The monoisotopic (exact) mass is 361 g/mol. The molecule has 1 fully saturated rings. The first-order chi connectivity index (χ1) is 12.5. The third-order valence-corrected chi connectivity index (χ3v) is 4.88. The van der Waals surface area contributed by atoms with Gasteiger partial charge in [0.05, 0.1) is 12.2 Å². The number of carbonyl (C=O) groups excluding carboxylic acids is 1. The summed E-state index contributed by atoms with van der Waals surface area (Å²) in [6.45, 7) is 3.06. The van der Waals surface area contributed by atoms with Gasteiger partial charge in [0, 0.05) is 32.5 Å². The van der Waals surface area contributed by atoms with Gasteiger partial charge in [-0.25, -0.2) is 9.37 Å². The van der Waals surface area contributed by atoms with Gasteiger partial charge in [-0.1, -0.05) is 6.07 Å². The van der Waals surface area contributed by atoms with Crippen LogP contribution in [0.2, 0.25) is 0 Å². The molecule has 3 rings (SSSR count). The lowest BCUT2D eigenvalue weighted by Gasteiger charge is -2.34. The van der Waals surface area contributed by atoms with Crippen LogP contribution in [0, 0.1) is 11.7 Å². The van der Waals surface area contributed by atoms with E-state index >= 15 is 0 Å². The molecule has 7 heteroatoms. The second-order valence-corrected chi connectivity index (χ2v) is 6.52. The fraction of sp³-hybridized carbons (Fsp3) is 0.474. The van der Waals surface area contributed by atoms with Crippen molar-refractivity contribution in [1.29, 1.82) is 0 Å². The number of aliphatic hydroxyl groups excluding tert-OH is 1. The van der Waals surface area contributed by atoms with Gasteiger partial charge in [-0.15, -0.1) is 0 Å². The Kier molecular flexibility index (Phi) is 5.56. The van der Waals surface area contributed by atoms with Crippen molar-refractivity contribution in [3.63, 3.8) is 0 Å². The maximum absolute atomic E-state index is 14.0. The van der Waals surface area contributed by atoms with Gasteiger partial charge in [0.2, 0.25) is 0 Å². The van der Waals surface area contributed by atoms with Crippen LogP contribution in [0.25, 0.3) is 0 Å². The van der Waals surface area contributed by atoms with Crippen LogP contribution in [0.3, 0.4) is 0 Å². The third-order valence-electron chi connectivity index (χ3n) is 4.88. The molecule has 0 saturated carbocycles. The summed E-state index contributed by atoms with van der Waals surface area (Å²) in [5.41, 5.74) is 0.245. The van der Waals surface area contributed by atoms with Crippen LogP contribution in [-0.2, 0) is 7.05 Å². The number of hydrogen-bond donors (Lipinski definition) is 1. The van der Waals surface area contributed by atoms with E-state index in [1.165, 1.54) is 12.1 Å². The summed E-state index contributed by atoms with van der Waals surface area (Å²) in [6, 6.07) is 4.39. The number of hydrogen-bond acceptors (Lipinski definition) is 4. The molecule has 1 amide bonds. The highest BCUT2D eigenvalue weighted by molar-refractivity contribution is 5.97. The largest absolute Gasteiger partial charge is 0.490 e. The van der Waals surface area contributed by atoms with Crippen molar-refractivity contribution in [2.45, 2.75) is 25.9 Å². The van der Waals surface area contributed by atoms with E-state index in [1.807, 2.05) is 11.6 Å². The smallest absolute Gasteiger partial charge is 0.257 e. The molecule has 0 spiro atoms. The summed E-state index contributed by atoms with van der Waals surface area (Å²) in [6.07, 6.45) is 4.14. The number of nitrogens with zero attached hydrogens (tertiary/aromatic N) is 3. The average molecular weight is 361 g/mol. The van der Waals surface area contributed by atoms with Gasteiger partial charge in [0.15, 0.2) is 11.6 Å². The molecule has 1 atom stereocenters. The number of benzene rings is 1. The van der Waals surface area contributed by atoms with Crippen molar-refractivity contribution >= 4 is 5.91 Å². The van der Waals surface area contributed by atoms with Gasteiger partial charge < -0.3 is 19.3 Å². The molecule has 2 heterocycles. The van der Waals surface area contributed by atoms with E-state index in [-0.39, 0.29) is 23.1 Å². The van der Waals surface area contributed by atoms with E-state index in [0.717, 1.165) is 0 Å². The number of para-hydroxylation sites is 1. The van der Waals surface area contributed by atoms with Crippen LogP contribution in [0.15, 0.2) is 30.6 Å². The zero-order valence-electron chi connectivity index (χ0n) is 15.1. The number of aliphatic hydroxyl groups is 1. The number of imidazole rings is 1. The maximum atomic E-state index is 14.0. The summed E-state index contributed by atoms with van der Waals surface area (Å²) in [4.78, 5) is 18.7.